The summed E-state index contributed by atoms with van der Waals surface area (Å²) >= 11 is 6.01. The summed E-state index contributed by atoms with van der Waals surface area (Å²) in [5, 5.41) is 0.302. The average molecular weight is 360 g/mol. The molecule has 0 aliphatic heterocycles. The van der Waals surface area contributed by atoms with Crippen molar-refractivity contribution in [2.45, 2.75) is 37.0 Å². The van der Waals surface area contributed by atoms with Crippen LogP contribution in [0.15, 0.2) is 28.7 Å². The molecule has 1 aliphatic rings. The molecule has 0 radical (unpaired) electrons. The molecule has 0 amide bonds. The highest BCUT2D eigenvalue weighted by molar-refractivity contribution is 7.89. The van der Waals surface area contributed by atoms with Crippen LogP contribution in [0, 0.1) is 0 Å². The number of allylic oxidation sites excluding steroid dienone is 1. The van der Waals surface area contributed by atoms with Gasteiger partial charge in [0, 0.05) is 18.7 Å². The number of methoxy groups -OCH3 is 2. The molecule has 23 heavy (non-hydrogen) atoms. The average Bonchev–Trinajstić information content (AvgIpc) is 2.55. The maximum absolute atomic E-state index is 12.5. The van der Waals surface area contributed by atoms with Gasteiger partial charge in [0.15, 0.2) is 0 Å². The highest BCUT2D eigenvalue weighted by atomic mass is 35.5. The molecule has 0 atom stereocenters. The lowest BCUT2D eigenvalue weighted by atomic mass is 9.97. The first-order valence-electron chi connectivity index (χ1n) is 7.57. The predicted molar refractivity (Wildman–Crippen MR) is 90.9 cm³/mol. The minimum atomic E-state index is -3.69. The number of rotatable bonds is 7. The summed E-state index contributed by atoms with van der Waals surface area (Å²) < 4.78 is 37.9. The maximum Gasteiger partial charge on any atom is 0.244 e. The van der Waals surface area contributed by atoms with E-state index in [9.17, 15) is 8.42 Å². The molecule has 128 valence electrons. The molecule has 1 aromatic carbocycles. The first-order chi connectivity index (χ1) is 11.0. The zero-order valence-electron chi connectivity index (χ0n) is 13.4. The van der Waals surface area contributed by atoms with Crippen molar-refractivity contribution in [2.75, 3.05) is 20.8 Å². The van der Waals surface area contributed by atoms with Crippen LogP contribution in [0.3, 0.4) is 0 Å². The van der Waals surface area contributed by atoms with Gasteiger partial charge in [-0.15, -0.1) is 0 Å². The van der Waals surface area contributed by atoms with E-state index in [1.807, 2.05) is 0 Å². The molecule has 1 aromatic rings. The second kappa shape index (κ2) is 8.04. The lowest BCUT2D eigenvalue weighted by molar-refractivity contribution is 0.392. The molecule has 1 aliphatic carbocycles. The Morgan fingerprint density at radius 1 is 1.17 bits per heavy atom. The minimum Gasteiger partial charge on any atom is -0.495 e. The van der Waals surface area contributed by atoms with E-state index in [1.54, 1.807) is 0 Å². The van der Waals surface area contributed by atoms with Gasteiger partial charge in [-0.1, -0.05) is 23.3 Å². The van der Waals surface area contributed by atoms with Crippen LogP contribution in [0.4, 0.5) is 0 Å². The van der Waals surface area contributed by atoms with Crippen LogP contribution in [0.5, 0.6) is 11.5 Å². The fourth-order valence-corrected chi connectivity index (χ4v) is 4.02. The topological polar surface area (TPSA) is 64.6 Å². The fraction of sp³-hybridized carbons (Fsp3) is 0.500. The highest BCUT2D eigenvalue weighted by Crippen LogP contribution is 2.35. The minimum absolute atomic E-state index is 0.0267. The number of hydrogen-bond donors (Lipinski definition) is 1. The van der Waals surface area contributed by atoms with E-state index in [0.29, 0.717) is 17.3 Å². The lowest BCUT2D eigenvalue weighted by Gasteiger charge is -2.15. The summed E-state index contributed by atoms with van der Waals surface area (Å²) in [6.45, 7) is 0.363. The molecule has 0 spiro atoms. The number of nitrogens with one attached hydrogen (secondary N) is 1. The van der Waals surface area contributed by atoms with Crippen molar-refractivity contribution in [2.24, 2.45) is 0 Å². The van der Waals surface area contributed by atoms with Crippen molar-refractivity contribution in [1.82, 2.24) is 4.72 Å². The molecule has 0 fully saturated rings. The Balaban J connectivity index is 2.13. The molecule has 7 heteroatoms. The normalized spacial score (nSPS) is 15.2. The van der Waals surface area contributed by atoms with Crippen LogP contribution in [-0.2, 0) is 10.0 Å². The van der Waals surface area contributed by atoms with Gasteiger partial charge in [0.1, 0.15) is 16.4 Å². The molecular formula is C16H22ClNO4S. The van der Waals surface area contributed by atoms with Gasteiger partial charge in [-0.05, 0) is 32.1 Å². The van der Waals surface area contributed by atoms with E-state index in [4.69, 9.17) is 21.1 Å². The number of sulfonamides is 1. The molecule has 2 rings (SSSR count). The molecular weight excluding hydrogens is 338 g/mol. The summed E-state index contributed by atoms with van der Waals surface area (Å²) in [5.74, 6) is 0.489. The number of hydrogen-bond acceptors (Lipinski definition) is 4. The van der Waals surface area contributed by atoms with E-state index in [0.717, 1.165) is 19.3 Å². The molecule has 1 N–H and O–H groups in total. The number of halogens is 1. The maximum atomic E-state index is 12.5. The molecule has 0 aromatic heterocycles. The van der Waals surface area contributed by atoms with E-state index >= 15 is 0 Å². The van der Waals surface area contributed by atoms with Crippen molar-refractivity contribution in [3.05, 3.63) is 28.8 Å². The first-order valence-corrected chi connectivity index (χ1v) is 9.43. The third-order valence-electron chi connectivity index (χ3n) is 3.85. The summed E-state index contributed by atoms with van der Waals surface area (Å²) in [5.41, 5.74) is 1.32. The van der Waals surface area contributed by atoms with Gasteiger partial charge >= 0.3 is 0 Å². The second-order valence-electron chi connectivity index (χ2n) is 5.39. The number of ether oxygens (including phenoxy) is 2. The van der Waals surface area contributed by atoms with Crippen LogP contribution >= 0.6 is 11.6 Å². The molecule has 0 saturated carbocycles. The molecule has 5 nitrogen and oxygen atoms in total. The zero-order valence-corrected chi connectivity index (χ0v) is 15.0. The lowest BCUT2D eigenvalue weighted by Crippen LogP contribution is -2.25. The third-order valence-corrected chi connectivity index (χ3v) is 5.63. The Morgan fingerprint density at radius 2 is 1.91 bits per heavy atom. The van der Waals surface area contributed by atoms with E-state index in [-0.39, 0.29) is 10.6 Å². The van der Waals surface area contributed by atoms with Crippen molar-refractivity contribution < 1.29 is 17.9 Å². The molecule has 0 saturated heterocycles. The van der Waals surface area contributed by atoms with Crippen molar-refractivity contribution in [3.63, 3.8) is 0 Å². The van der Waals surface area contributed by atoms with Gasteiger partial charge in [0.05, 0.1) is 19.2 Å². The van der Waals surface area contributed by atoms with Crippen molar-refractivity contribution >= 4 is 21.6 Å². The summed E-state index contributed by atoms with van der Waals surface area (Å²) in [6, 6.07) is 2.82. The van der Waals surface area contributed by atoms with Crippen molar-refractivity contribution in [3.8, 4) is 11.5 Å². The van der Waals surface area contributed by atoms with Gasteiger partial charge in [0.25, 0.3) is 0 Å². The number of benzene rings is 1. The van der Waals surface area contributed by atoms with Crippen LogP contribution in [0.2, 0.25) is 5.02 Å². The van der Waals surface area contributed by atoms with Crippen LogP contribution in [0.25, 0.3) is 0 Å². The quantitative estimate of drug-likeness (QED) is 0.756. The smallest absolute Gasteiger partial charge is 0.244 e. The summed E-state index contributed by atoms with van der Waals surface area (Å²) in [7, 11) is -0.850. The Kier molecular flexibility index (Phi) is 6.33. The Bertz CT molecular complexity index is 686. The van der Waals surface area contributed by atoms with Gasteiger partial charge in [-0.3, -0.25) is 0 Å². The molecule has 0 unspecified atom stereocenters. The van der Waals surface area contributed by atoms with Crippen LogP contribution in [0.1, 0.15) is 32.1 Å². The Labute approximate surface area is 142 Å². The monoisotopic (exact) mass is 359 g/mol. The van der Waals surface area contributed by atoms with Gasteiger partial charge in [-0.25, -0.2) is 13.1 Å². The van der Waals surface area contributed by atoms with Gasteiger partial charge in [-0.2, -0.15) is 0 Å². The van der Waals surface area contributed by atoms with Gasteiger partial charge < -0.3 is 9.47 Å². The second-order valence-corrected chi connectivity index (χ2v) is 7.54. The van der Waals surface area contributed by atoms with E-state index in [2.05, 4.69) is 10.8 Å². The zero-order chi connectivity index (χ0) is 16.9. The van der Waals surface area contributed by atoms with Crippen LogP contribution < -0.4 is 14.2 Å². The summed E-state index contributed by atoms with van der Waals surface area (Å²) in [4.78, 5) is 0.0267. The third kappa shape index (κ3) is 4.62. The Hall–Kier alpha value is -1.24. The molecule has 0 bridgehead atoms. The molecule has 0 heterocycles. The predicted octanol–water partition coefficient (Wildman–Crippen LogP) is 3.53. The largest absolute Gasteiger partial charge is 0.495 e. The van der Waals surface area contributed by atoms with Crippen LogP contribution in [-0.4, -0.2) is 29.2 Å². The summed E-state index contributed by atoms with van der Waals surface area (Å²) in [6.07, 6.45) is 7.48. The van der Waals surface area contributed by atoms with Gasteiger partial charge in [0.2, 0.25) is 10.0 Å². The Morgan fingerprint density at radius 3 is 2.52 bits per heavy atom. The standard InChI is InChI=1S/C16H22ClNO4S/c1-21-14-11-16(15(22-2)10-13(14)17)23(19,20)18-9-8-12-6-4-3-5-7-12/h6,10-11,18H,3-5,7-9H2,1-2H3. The SMILES string of the molecule is COc1cc(S(=O)(=O)NCCC2=CCCCC2)c(OC)cc1Cl. The highest BCUT2D eigenvalue weighted by Gasteiger charge is 2.22. The fourth-order valence-electron chi connectivity index (χ4n) is 2.60. The van der Waals surface area contributed by atoms with Crippen molar-refractivity contribution in [1.29, 1.82) is 0 Å². The first kappa shape index (κ1) is 18.1. The van der Waals surface area contributed by atoms with E-state index < -0.39 is 10.0 Å². The van der Waals surface area contributed by atoms with E-state index in [1.165, 1.54) is 44.8 Å².